The fraction of sp³-hybridized carbons (Fsp3) is 0.391. The van der Waals surface area contributed by atoms with Crippen LogP contribution in [0.1, 0.15) is 43.7 Å². The first-order valence-corrected chi connectivity index (χ1v) is 10.4. The Balaban J connectivity index is 1.76. The molecule has 4 nitrogen and oxygen atoms in total. The van der Waals surface area contributed by atoms with Crippen molar-refractivity contribution in [2.24, 2.45) is 4.99 Å². The molecular weight excluding hydrogens is 372 g/mol. The van der Waals surface area contributed by atoms with Gasteiger partial charge in [-0.1, -0.05) is 35.4 Å². The zero-order chi connectivity index (χ0) is 19.5. The highest BCUT2D eigenvalue weighted by atomic mass is 35.5. The van der Waals surface area contributed by atoms with Crippen LogP contribution >= 0.6 is 11.6 Å². The molecule has 3 aliphatic rings. The number of hydrogen-bond acceptors (Lipinski definition) is 3. The lowest BCUT2D eigenvalue weighted by molar-refractivity contribution is 0.104. The third kappa shape index (κ3) is 3.79. The molecule has 146 valence electrons. The summed E-state index contributed by atoms with van der Waals surface area (Å²) in [4.78, 5) is 18.7. The monoisotopic (exact) mass is 396 g/mol. The maximum Gasteiger partial charge on any atom is 0.409 e. The van der Waals surface area contributed by atoms with E-state index in [1.54, 1.807) is 4.90 Å². The highest BCUT2D eigenvalue weighted by Gasteiger charge is 2.28. The predicted octanol–water partition coefficient (Wildman–Crippen LogP) is 5.58. The number of aryl methyl sites for hydroxylation is 1. The van der Waals surface area contributed by atoms with Gasteiger partial charge < -0.3 is 9.64 Å². The Hall–Kier alpha value is -2.33. The molecule has 0 unspecified atom stereocenters. The molecule has 1 amide bonds. The molecule has 2 aliphatic heterocycles. The van der Waals surface area contributed by atoms with Crippen LogP contribution in [0.25, 0.3) is 5.57 Å². The summed E-state index contributed by atoms with van der Waals surface area (Å²) in [6.07, 6.45) is 10.6. The number of halogens is 1. The Bertz CT molecular complexity index is 901. The van der Waals surface area contributed by atoms with Crippen LogP contribution in [0.2, 0.25) is 5.02 Å². The molecular formula is C23H25ClN2O2. The van der Waals surface area contributed by atoms with E-state index in [9.17, 15) is 4.79 Å². The maximum absolute atomic E-state index is 12.1. The Kier molecular flexibility index (Phi) is 5.67. The summed E-state index contributed by atoms with van der Waals surface area (Å²) < 4.78 is 5.17. The van der Waals surface area contributed by atoms with E-state index in [1.807, 2.05) is 19.2 Å². The lowest BCUT2D eigenvalue weighted by atomic mass is 9.87. The molecule has 0 atom stereocenters. The zero-order valence-corrected chi connectivity index (χ0v) is 17.0. The Morgan fingerprint density at radius 3 is 2.82 bits per heavy atom. The average Bonchev–Trinajstić information content (AvgIpc) is 3.01. The second kappa shape index (κ2) is 8.36. The first-order chi connectivity index (χ1) is 13.7. The van der Waals surface area contributed by atoms with Crippen LogP contribution in [0, 0.1) is 0 Å². The third-order valence-corrected chi connectivity index (χ3v) is 5.83. The summed E-state index contributed by atoms with van der Waals surface area (Å²) in [5, 5.41) is 0.776. The Morgan fingerprint density at radius 1 is 1.21 bits per heavy atom. The van der Waals surface area contributed by atoms with E-state index in [4.69, 9.17) is 21.3 Å². The number of amides is 1. The van der Waals surface area contributed by atoms with Crippen LogP contribution in [0.5, 0.6) is 0 Å². The quantitative estimate of drug-likeness (QED) is 0.622. The molecule has 1 saturated heterocycles. The van der Waals surface area contributed by atoms with Crippen molar-refractivity contribution in [3.63, 3.8) is 0 Å². The number of rotatable bonds is 1. The van der Waals surface area contributed by atoms with Gasteiger partial charge in [0.05, 0.1) is 12.3 Å². The van der Waals surface area contributed by atoms with E-state index in [-0.39, 0.29) is 6.09 Å². The van der Waals surface area contributed by atoms with Crippen molar-refractivity contribution in [1.29, 1.82) is 0 Å². The van der Waals surface area contributed by atoms with Gasteiger partial charge >= 0.3 is 6.09 Å². The van der Waals surface area contributed by atoms with E-state index in [2.05, 4.69) is 24.3 Å². The number of hydrogen-bond donors (Lipinski definition) is 0. The van der Waals surface area contributed by atoms with Crippen molar-refractivity contribution < 1.29 is 9.53 Å². The topological polar surface area (TPSA) is 41.9 Å². The van der Waals surface area contributed by atoms with Crippen molar-refractivity contribution in [3.8, 4) is 0 Å². The van der Waals surface area contributed by atoms with Gasteiger partial charge in [0.2, 0.25) is 0 Å². The van der Waals surface area contributed by atoms with Crippen LogP contribution in [-0.4, -0.2) is 36.4 Å². The normalized spacial score (nSPS) is 19.1. The van der Waals surface area contributed by atoms with Crippen molar-refractivity contribution in [2.75, 3.05) is 19.7 Å². The fourth-order valence-corrected chi connectivity index (χ4v) is 4.41. The number of likely N-dealkylation sites (tertiary alicyclic amines) is 1. The van der Waals surface area contributed by atoms with Gasteiger partial charge in [-0.3, -0.25) is 4.99 Å². The van der Waals surface area contributed by atoms with E-state index < -0.39 is 0 Å². The summed E-state index contributed by atoms with van der Waals surface area (Å²) in [6, 6.07) is 6.20. The van der Waals surface area contributed by atoms with Gasteiger partial charge in [0, 0.05) is 29.9 Å². The lowest BCUT2D eigenvalue weighted by Crippen LogP contribution is -2.37. The minimum atomic E-state index is -0.213. The highest BCUT2D eigenvalue weighted by molar-refractivity contribution is 6.34. The Labute approximate surface area is 171 Å². The number of ether oxygens (including phenoxy) is 1. The number of fused-ring (bicyclic) bond motifs is 2. The summed E-state index contributed by atoms with van der Waals surface area (Å²) >= 11 is 6.30. The van der Waals surface area contributed by atoms with Gasteiger partial charge in [0.1, 0.15) is 0 Å². The van der Waals surface area contributed by atoms with Crippen LogP contribution < -0.4 is 0 Å². The standard InChI is InChI=1S/C23H25ClN2O2/c1-2-28-23(27)26-13-10-16(11-14-26)21-20-9-8-19(24)15-18(20)7-6-17-5-3-4-12-25-22(17)21/h4-5,8-9,12,15H,2-3,6-7,10-11,13-14H2,1H3. The van der Waals surface area contributed by atoms with Gasteiger partial charge in [-0.25, -0.2) is 4.79 Å². The molecule has 0 bridgehead atoms. The smallest absolute Gasteiger partial charge is 0.409 e. The number of aliphatic imine (C=N–C) groups is 1. The van der Waals surface area contributed by atoms with Crippen molar-refractivity contribution in [1.82, 2.24) is 4.90 Å². The summed E-state index contributed by atoms with van der Waals surface area (Å²) in [5.41, 5.74) is 7.53. The first-order valence-electron chi connectivity index (χ1n) is 10.0. The fourth-order valence-electron chi connectivity index (χ4n) is 4.22. The van der Waals surface area contributed by atoms with Crippen molar-refractivity contribution in [2.45, 2.75) is 39.0 Å². The van der Waals surface area contributed by atoms with Gasteiger partial charge in [0.25, 0.3) is 0 Å². The molecule has 2 heterocycles. The summed E-state index contributed by atoms with van der Waals surface area (Å²) in [5.74, 6) is 0. The van der Waals surface area contributed by atoms with Crippen molar-refractivity contribution in [3.05, 3.63) is 63.8 Å². The predicted molar refractivity (Wildman–Crippen MR) is 114 cm³/mol. The maximum atomic E-state index is 12.1. The number of carbonyl (C=O) groups excluding carboxylic acids is 1. The molecule has 1 aromatic carbocycles. The number of carbonyl (C=O) groups is 1. The molecule has 0 radical (unpaired) electrons. The third-order valence-electron chi connectivity index (χ3n) is 5.60. The molecule has 0 N–H and O–H groups in total. The van der Waals surface area contributed by atoms with Crippen LogP contribution in [0.3, 0.4) is 0 Å². The van der Waals surface area contributed by atoms with Gasteiger partial charge in [-0.15, -0.1) is 0 Å². The highest BCUT2D eigenvalue weighted by Crippen LogP contribution is 2.38. The minimum absolute atomic E-state index is 0.213. The number of piperidine rings is 1. The van der Waals surface area contributed by atoms with Crippen LogP contribution in [0.4, 0.5) is 4.79 Å². The largest absolute Gasteiger partial charge is 0.450 e. The SMILES string of the molecule is CCOC(=O)N1CCC(=C2C3=NC=CCC=C3CCc3cc(Cl)ccc32)CC1. The van der Waals surface area contributed by atoms with Gasteiger partial charge in [-0.05, 0) is 67.9 Å². The molecule has 5 heteroatoms. The average molecular weight is 397 g/mol. The van der Waals surface area contributed by atoms with E-state index >= 15 is 0 Å². The van der Waals surface area contributed by atoms with Crippen molar-refractivity contribution >= 4 is 29.0 Å². The molecule has 1 aromatic rings. The molecule has 1 aliphatic carbocycles. The van der Waals surface area contributed by atoms with Crippen LogP contribution in [0.15, 0.2) is 52.7 Å². The van der Waals surface area contributed by atoms with Crippen LogP contribution in [-0.2, 0) is 11.2 Å². The van der Waals surface area contributed by atoms with Gasteiger partial charge in [0.15, 0.2) is 0 Å². The molecule has 0 saturated carbocycles. The second-order valence-corrected chi connectivity index (χ2v) is 7.73. The zero-order valence-electron chi connectivity index (χ0n) is 16.2. The van der Waals surface area contributed by atoms with Gasteiger partial charge in [-0.2, -0.15) is 0 Å². The Morgan fingerprint density at radius 2 is 2.04 bits per heavy atom. The molecule has 1 fully saturated rings. The first kappa shape index (κ1) is 19.0. The lowest BCUT2D eigenvalue weighted by Gasteiger charge is -2.29. The number of allylic oxidation sites excluding steroid dienone is 4. The summed E-state index contributed by atoms with van der Waals surface area (Å²) in [7, 11) is 0. The number of benzene rings is 1. The minimum Gasteiger partial charge on any atom is -0.450 e. The molecule has 0 aromatic heterocycles. The van der Waals surface area contributed by atoms with E-state index in [0.717, 1.165) is 42.8 Å². The molecule has 0 spiro atoms. The molecule has 28 heavy (non-hydrogen) atoms. The summed E-state index contributed by atoms with van der Waals surface area (Å²) in [6.45, 7) is 3.62. The second-order valence-electron chi connectivity index (χ2n) is 7.29. The molecule has 4 rings (SSSR count). The van der Waals surface area contributed by atoms with E-state index in [0.29, 0.717) is 19.7 Å². The number of nitrogens with zero attached hydrogens (tertiary/aromatic N) is 2. The van der Waals surface area contributed by atoms with E-state index in [1.165, 1.54) is 27.8 Å².